The summed E-state index contributed by atoms with van der Waals surface area (Å²) in [5, 5.41) is 16.1. The quantitative estimate of drug-likeness (QED) is 0.162. The SMILES string of the molecule is O=C(O)CCCC(=O)c1ccc(N[C@H](C(=O)Nc2ccc(-c3ccc(Cl)cc3Cl)cc2)c2ccccc2)cc1. The van der Waals surface area contributed by atoms with Crippen LogP contribution in [-0.4, -0.2) is 22.8 Å². The fraction of sp³-hybridized carbons (Fsp3) is 0.129. The number of hydrogen-bond donors (Lipinski definition) is 3. The summed E-state index contributed by atoms with van der Waals surface area (Å²) in [6.07, 6.45) is 0.409. The van der Waals surface area contributed by atoms with E-state index in [2.05, 4.69) is 10.6 Å². The van der Waals surface area contributed by atoms with E-state index in [1.807, 2.05) is 60.7 Å². The molecule has 0 bridgehead atoms. The molecule has 1 amide bonds. The highest BCUT2D eigenvalue weighted by Crippen LogP contribution is 2.31. The molecule has 0 saturated heterocycles. The molecule has 6 nitrogen and oxygen atoms in total. The molecule has 8 heteroatoms. The average Bonchev–Trinajstić information content (AvgIpc) is 2.93. The van der Waals surface area contributed by atoms with Crippen molar-refractivity contribution in [3.63, 3.8) is 0 Å². The van der Waals surface area contributed by atoms with Crippen molar-refractivity contribution in [3.05, 3.63) is 118 Å². The molecule has 0 heterocycles. The molecule has 0 radical (unpaired) electrons. The van der Waals surface area contributed by atoms with E-state index in [9.17, 15) is 14.4 Å². The Labute approximate surface area is 236 Å². The van der Waals surface area contributed by atoms with Crippen molar-refractivity contribution in [2.45, 2.75) is 25.3 Å². The molecule has 0 saturated carbocycles. The van der Waals surface area contributed by atoms with Gasteiger partial charge in [-0.3, -0.25) is 14.4 Å². The number of hydrogen-bond acceptors (Lipinski definition) is 4. The third kappa shape index (κ3) is 7.69. The number of amides is 1. The predicted molar refractivity (Wildman–Crippen MR) is 156 cm³/mol. The zero-order valence-electron chi connectivity index (χ0n) is 20.9. The summed E-state index contributed by atoms with van der Waals surface area (Å²) in [6.45, 7) is 0. The van der Waals surface area contributed by atoms with E-state index in [-0.39, 0.29) is 31.0 Å². The third-order valence-electron chi connectivity index (χ3n) is 6.10. The van der Waals surface area contributed by atoms with Crippen molar-refractivity contribution < 1.29 is 19.5 Å². The first-order valence-corrected chi connectivity index (χ1v) is 13.1. The molecule has 39 heavy (non-hydrogen) atoms. The van der Waals surface area contributed by atoms with E-state index in [0.717, 1.165) is 16.7 Å². The highest BCUT2D eigenvalue weighted by atomic mass is 35.5. The smallest absolute Gasteiger partial charge is 0.303 e. The van der Waals surface area contributed by atoms with Gasteiger partial charge in [0.1, 0.15) is 6.04 Å². The van der Waals surface area contributed by atoms with Crippen LogP contribution >= 0.6 is 23.2 Å². The highest BCUT2D eigenvalue weighted by Gasteiger charge is 2.21. The number of nitrogens with one attached hydrogen (secondary N) is 2. The van der Waals surface area contributed by atoms with Crippen LogP contribution in [0, 0.1) is 0 Å². The zero-order valence-corrected chi connectivity index (χ0v) is 22.4. The fourth-order valence-corrected chi connectivity index (χ4v) is 4.60. The second-order valence-electron chi connectivity index (χ2n) is 8.93. The number of carbonyl (C=O) groups is 3. The number of carboxylic acid groups (broad SMARTS) is 1. The van der Waals surface area contributed by atoms with Crippen LogP contribution in [0.5, 0.6) is 0 Å². The van der Waals surface area contributed by atoms with Crippen molar-refractivity contribution in [2.75, 3.05) is 10.6 Å². The number of benzene rings is 4. The molecule has 4 aromatic carbocycles. The fourth-order valence-electron chi connectivity index (χ4n) is 4.08. The first-order valence-electron chi connectivity index (χ1n) is 12.3. The average molecular weight is 561 g/mol. The Morgan fingerprint density at radius 2 is 1.44 bits per heavy atom. The van der Waals surface area contributed by atoms with E-state index in [1.165, 1.54) is 0 Å². The minimum atomic E-state index is -0.922. The van der Waals surface area contributed by atoms with Gasteiger partial charge in [-0.2, -0.15) is 0 Å². The summed E-state index contributed by atoms with van der Waals surface area (Å²) in [7, 11) is 0. The summed E-state index contributed by atoms with van der Waals surface area (Å²) in [6, 6.07) is 28.1. The molecular weight excluding hydrogens is 535 g/mol. The van der Waals surface area contributed by atoms with Gasteiger partial charge >= 0.3 is 5.97 Å². The largest absolute Gasteiger partial charge is 0.481 e. The molecule has 0 fully saturated rings. The number of ketones is 1. The van der Waals surface area contributed by atoms with E-state index >= 15 is 0 Å². The molecule has 3 N–H and O–H groups in total. The molecule has 0 spiro atoms. The lowest BCUT2D eigenvalue weighted by Crippen LogP contribution is -2.27. The van der Waals surface area contributed by atoms with Gasteiger partial charge in [-0.05, 0) is 66.1 Å². The lowest BCUT2D eigenvalue weighted by Gasteiger charge is -2.20. The minimum Gasteiger partial charge on any atom is -0.481 e. The van der Waals surface area contributed by atoms with Crippen molar-refractivity contribution in [2.24, 2.45) is 0 Å². The van der Waals surface area contributed by atoms with Crippen molar-refractivity contribution in [1.29, 1.82) is 0 Å². The van der Waals surface area contributed by atoms with Gasteiger partial charge in [0.2, 0.25) is 0 Å². The van der Waals surface area contributed by atoms with E-state index < -0.39 is 12.0 Å². The second kappa shape index (κ2) is 13.1. The molecular formula is C31H26Cl2N2O4. The molecule has 4 aromatic rings. The van der Waals surface area contributed by atoms with Crippen LogP contribution < -0.4 is 10.6 Å². The van der Waals surface area contributed by atoms with E-state index in [0.29, 0.717) is 27.0 Å². The number of carboxylic acids is 1. The molecule has 1 atom stereocenters. The number of halogens is 2. The summed E-state index contributed by atoms with van der Waals surface area (Å²) < 4.78 is 0. The van der Waals surface area contributed by atoms with Gasteiger partial charge in [-0.15, -0.1) is 0 Å². The van der Waals surface area contributed by atoms with Gasteiger partial charge in [0.05, 0.1) is 0 Å². The van der Waals surface area contributed by atoms with Gasteiger partial charge in [-0.1, -0.05) is 71.7 Å². The summed E-state index contributed by atoms with van der Waals surface area (Å²) in [5.41, 5.74) is 4.28. The van der Waals surface area contributed by atoms with Crippen LogP contribution in [0.15, 0.2) is 97.1 Å². The topological polar surface area (TPSA) is 95.5 Å². The van der Waals surface area contributed by atoms with Gasteiger partial charge in [0, 0.05) is 45.4 Å². The number of rotatable bonds is 11. The minimum absolute atomic E-state index is 0.0448. The zero-order chi connectivity index (χ0) is 27.8. The Hall–Kier alpha value is -4.13. The van der Waals surface area contributed by atoms with Gasteiger partial charge in [0.15, 0.2) is 5.78 Å². The monoisotopic (exact) mass is 560 g/mol. The van der Waals surface area contributed by atoms with Crippen LogP contribution in [0.4, 0.5) is 11.4 Å². The normalized spacial score (nSPS) is 11.4. The first kappa shape index (κ1) is 27.9. The summed E-state index contributed by atoms with van der Waals surface area (Å²) >= 11 is 12.3. The standard InChI is InChI=1S/C31H26Cl2N2O4/c32-23-13-18-26(27(33)19-23)20-9-14-25(15-10-20)35-31(39)30(22-5-2-1-3-6-22)34-24-16-11-21(12-17-24)28(36)7-4-8-29(37)38/h1-3,5-6,9-19,30,34H,4,7-8H2,(H,35,39)(H,37,38)/t30-/m0/s1. The van der Waals surface area contributed by atoms with Crippen LogP contribution in [0.1, 0.15) is 41.2 Å². The first-order chi connectivity index (χ1) is 18.8. The molecule has 0 aromatic heterocycles. The number of anilines is 2. The lowest BCUT2D eigenvalue weighted by molar-refractivity contribution is -0.137. The highest BCUT2D eigenvalue weighted by molar-refractivity contribution is 6.36. The Morgan fingerprint density at radius 3 is 2.08 bits per heavy atom. The Bertz CT molecular complexity index is 1460. The van der Waals surface area contributed by atoms with Gasteiger partial charge in [-0.25, -0.2) is 0 Å². The van der Waals surface area contributed by atoms with Gasteiger partial charge in [0.25, 0.3) is 5.91 Å². The molecule has 198 valence electrons. The molecule has 4 rings (SSSR count). The van der Waals surface area contributed by atoms with Gasteiger partial charge < -0.3 is 15.7 Å². The number of aliphatic carboxylic acids is 1. The van der Waals surface area contributed by atoms with Crippen molar-refractivity contribution in [3.8, 4) is 11.1 Å². The Balaban J connectivity index is 1.47. The Kier molecular flexibility index (Phi) is 9.36. The molecule has 0 unspecified atom stereocenters. The van der Waals surface area contributed by atoms with Crippen LogP contribution in [0.25, 0.3) is 11.1 Å². The maximum atomic E-state index is 13.4. The van der Waals surface area contributed by atoms with Crippen molar-refractivity contribution in [1.82, 2.24) is 0 Å². The Morgan fingerprint density at radius 1 is 0.769 bits per heavy atom. The number of carbonyl (C=O) groups excluding carboxylic acids is 2. The summed E-state index contributed by atoms with van der Waals surface area (Å²) in [5.74, 6) is -1.30. The molecule has 0 aliphatic carbocycles. The maximum Gasteiger partial charge on any atom is 0.303 e. The third-order valence-corrected chi connectivity index (χ3v) is 6.65. The van der Waals surface area contributed by atoms with Crippen LogP contribution in [0.2, 0.25) is 10.0 Å². The molecule has 0 aliphatic rings. The van der Waals surface area contributed by atoms with E-state index in [1.54, 1.807) is 36.4 Å². The van der Waals surface area contributed by atoms with Crippen LogP contribution in [-0.2, 0) is 9.59 Å². The predicted octanol–water partition coefficient (Wildman–Crippen LogP) is 7.89. The van der Waals surface area contributed by atoms with Crippen molar-refractivity contribution >= 4 is 52.2 Å². The lowest BCUT2D eigenvalue weighted by atomic mass is 10.0. The number of Topliss-reactive ketones (excluding diaryl/α,β-unsaturated/α-hetero) is 1. The van der Waals surface area contributed by atoms with E-state index in [4.69, 9.17) is 28.3 Å². The van der Waals surface area contributed by atoms with Crippen LogP contribution in [0.3, 0.4) is 0 Å². The molecule has 0 aliphatic heterocycles. The summed E-state index contributed by atoms with van der Waals surface area (Å²) in [4.78, 5) is 36.4. The maximum absolute atomic E-state index is 13.4. The second-order valence-corrected chi connectivity index (χ2v) is 9.77.